The number of aromatic nitrogens is 3. The second kappa shape index (κ2) is 9.89. The molecule has 0 N–H and O–H groups in total. The van der Waals surface area contributed by atoms with Gasteiger partial charge in [0.1, 0.15) is 5.75 Å². The zero-order valence-corrected chi connectivity index (χ0v) is 18.6. The van der Waals surface area contributed by atoms with Crippen molar-refractivity contribution in [3.63, 3.8) is 0 Å². The lowest BCUT2D eigenvalue weighted by molar-refractivity contribution is 0.340. The maximum atomic E-state index is 5.69. The largest absolute Gasteiger partial charge is 0.493 e. The quantitative estimate of drug-likeness (QED) is 0.319. The summed E-state index contributed by atoms with van der Waals surface area (Å²) < 4.78 is 8.59. The summed E-state index contributed by atoms with van der Waals surface area (Å²) in [6, 6.07) is 16.2. The average Bonchev–Trinajstić information content (AvgIpc) is 3.10. The van der Waals surface area contributed by atoms with Gasteiger partial charge in [-0.3, -0.25) is 0 Å². The fourth-order valence-electron chi connectivity index (χ4n) is 2.56. The minimum atomic E-state index is 0.216. The zero-order chi connectivity index (χ0) is 19.9. The van der Waals surface area contributed by atoms with Gasteiger partial charge in [0.25, 0.3) is 0 Å². The van der Waals surface area contributed by atoms with Gasteiger partial charge in [0.2, 0.25) is 5.16 Å². The molecule has 0 atom stereocenters. The summed E-state index contributed by atoms with van der Waals surface area (Å²) in [6.07, 6.45) is 1.81. The third kappa shape index (κ3) is 5.23. The number of ether oxygens (including phenoxy) is 1. The molecule has 0 spiro atoms. The number of thioether (sulfide) groups is 1. The summed E-state index contributed by atoms with van der Waals surface area (Å²) in [4.78, 5) is 0. The van der Waals surface area contributed by atoms with E-state index in [1.807, 2.05) is 54.2 Å². The second-order valence-electron chi connectivity index (χ2n) is 6.44. The Hall–Kier alpha value is -2.12. The number of rotatable bonds is 8. The molecule has 0 unspecified atom stereocenters. The molecule has 28 heavy (non-hydrogen) atoms. The molecule has 0 aliphatic heterocycles. The molecular weight excluding hydrogens is 436 g/mol. The van der Waals surface area contributed by atoms with Crippen LogP contribution in [0.5, 0.6) is 5.75 Å². The highest BCUT2D eigenvalue weighted by Gasteiger charge is 2.15. The van der Waals surface area contributed by atoms with Crippen LogP contribution in [0.25, 0.3) is 0 Å². The van der Waals surface area contributed by atoms with Gasteiger partial charge >= 0.3 is 0 Å². The van der Waals surface area contributed by atoms with Gasteiger partial charge in [-0.1, -0.05) is 65.8 Å². The molecule has 0 bridgehead atoms. The minimum absolute atomic E-state index is 0.216. The normalized spacial score (nSPS) is 11.5. The Balaban J connectivity index is 1.85. The fraction of sp³-hybridized carbons (Fsp3) is 0.286. The number of hydrogen-bond donors (Lipinski definition) is 0. The van der Waals surface area contributed by atoms with Crippen LogP contribution in [0.3, 0.4) is 0 Å². The molecule has 0 radical (unpaired) electrons. The van der Waals surface area contributed by atoms with Gasteiger partial charge < -0.3 is 4.74 Å². The molecule has 3 aromatic rings. The topological polar surface area (TPSA) is 52.3 Å². The van der Waals surface area contributed by atoms with Gasteiger partial charge in [-0.25, -0.2) is 0 Å². The van der Waals surface area contributed by atoms with Crippen molar-refractivity contribution < 1.29 is 4.74 Å². The molecule has 7 heteroatoms. The highest BCUT2D eigenvalue weighted by Crippen LogP contribution is 2.25. The van der Waals surface area contributed by atoms with Gasteiger partial charge in [0.05, 0.1) is 12.8 Å². The van der Waals surface area contributed by atoms with Gasteiger partial charge in [-0.15, -0.1) is 10.2 Å². The van der Waals surface area contributed by atoms with E-state index in [2.05, 4.69) is 57.2 Å². The molecule has 0 fully saturated rings. The molecule has 0 aliphatic rings. The third-order valence-corrected chi connectivity index (χ3v) is 5.48. The monoisotopic (exact) mass is 458 g/mol. The Labute approximate surface area is 178 Å². The third-order valence-electron chi connectivity index (χ3n) is 3.96. The Bertz CT molecular complexity index is 938. The van der Waals surface area contributed by atoms with E-state index in [-0.39, 0.29) is 5.92 Å². The first kappa shape index (κ1) is 20.6. The summed E-state index contributed by atoms with van der Waals surface area (Å²) >= 11 is 5.09. The van der Waals surface area contributed by atoms with E-state index in [9.17, 15) is 0 Å². The lowest BCUT2D eigenvalue weighted by Crippen LogP contribution is -2.03. The van der Waals surface area contributed by atoms with E-state index in [0.29, 0.717) is 6.61 Å². The lowest BCUT2D eigenvalue weighted by atomic mass is 10.2. The molecule has 1 heterocycles. The van der Waals surface area contributed by atoms with Crippen molar-refractivity contribution in [1.29, 1.82) is 0 Å². The molecule has 5 nitrogen and oxygen atoms in total. The molecule has 2 aromatic carbocycles. The standard InChI is InChI=1S/C21H23BrN4OS/c1-4-27-19-8-6-5-7-17(19)13-23-26-20(15(2)3)24-25-21(26)28-14-16-9-11-18(22)12-10-16/h5-13,15H,4,14H2,1-3H3/b23-13-. The van der Waals surface area contributed by atoms with Crippen molar-refractivity contribution in [2.45, 2.75) is 37.6 Å². The first-order valence-corrected chi connectivity index (χ1v) is 10.9. The Kier molecular flexibility index (Phi) is 7.28. The van der Waals surface area contributed by atoms with E-state index in [4.69, 9.17) is 4.74 Å². The highest BCUT2D eigenvalue weighted by molar-refractivity contribution is 9.10. The maximum absolute atomic E-state index is 5.69. The van der Waals surface area contributed by atoms with Crippen molar-refractivity contribution in [2.75, 3.05) is 6.61 Å². The van der Waals surface area contributed by atoms with E-state index in [0.717, 1.165) is 32.5 Å². The molecule has 1 aromatic heterocycles. The van der Waals surface area contributed by atoms with Crippen LogP contribution in [-0.4, -0.2) is 27.7 Å². The van der Waals surface area contributed by atoms with Crippen LogP contribution in [0.1, 0.15) is 43.6 Å². The summed E-state index contributed by atoms with van der Waals surface area (Å²) in [5.41, 5.74) is 2.15. The van der Waals surface area contributed by atoms with Crippen molar-refractivity contribution in [1.82, 2.24) is 14.9 Å². The first-order chi connectivity index (χ1) is 13.6. The van der Waals surface area contributed by atoms with Crippen molar-refractivity contribution in [3.05, 3.63) is 70.0 Å². The number of para-hydroxylation sites is 1. The molecular formula is C21H23BrN4OS. The number of nitrogens with zero attached hydrogens (tertiary/aromatic N) is 4. The molecule has 3 rings (SSSR count). The van der Waals surface area contributed by atoms with E-state index in [1.54, 1.807) is 11.8 Å². The Morgan fingerprint density at radius 3 is 2.61 bits per heavy atom. The molecule has 0 saturated heterocycles. The number of halogens is 1. The highest BCUT2D eigenvalue weighted by atomic mass is 79.9. The van der Waals surface area contributed by atoms with Gasteiger partial charge in [-0.05, 0) is 36.8 Å². The molecule has 0 saturated carbocycles. The van der Waals surface area contributed by atoms with E-state index >= 15 is 0 Å². The summed E-state index contributed by atoms with van der Waals surface area (Å²) in [7, 11) is 0. The average molecular weight is 459 g/mol. The second-order valence-corrected chi connectivity index (χ2v) is 8.30. The predicted octanol–water partition coefficient (Wildman–Crippen LogP) is 5.74. The summed E-state index contributed by atoms with van der Waals surface area (Å²) in [5, 5.41) is 14.2. The predicted molar refractivity (Wildman–Crippen MR) is 118 cm³/mol. The van der Waals surface area contributed by atoms with E-state index < -0.39 is 0 Å². The van der Waals surface area contributed by atoms with Crippen LogP contribution in [0.15, 0.2) is 63.3 Å². The zero-order valence-electron chi connectivity index (χ0n) is 16.2. The van der Waals surface area contributed by atoms with Crippen LogP contribution < -0.4 is 4.74 Å². The number of hydrogen-bond acceptors (Lipinski definition) is 5. The summed E-state index contributed by atoms with van der Waals surface area (Å²) in [5.74, 6) is 2.67. The number of benzene rings is 2. The minimum Gasteiger partial charge on any atom is -0.493 e. The van der Waals surface area contributed by atoms with Crippen LogP contribution >= 0.6 is 27.7 Å². The molecule has 146 valence electrons. The van der Waals surface area contributed by atoms with Gasteiger partial charge in [0, 0.05) is 21.7 Å². The fourth-order valence-corrected chi connectivity index (χ4v) is 3.67. The van der Waals surface area contributed by atoms with Crippen LogP contribution in [0, 0.1) is 0 Å². The smallest absolute Gasteiger partial charge is 0.212 e. The summed E-state index contributed by atoms with van der Waals surface area (Å²) in [6.45, 7) is 6.77. The Morgan fingerprint density at radius 2 is 1.89 bits per heavy atom. The first-order valence-electron chi connectivity index (χ1n) is 9.17. The maximum Gasteiger partial charge on any atom is 0.212 e. The molecule has 0 aliphatic carbocycles. The lowest BCUT2D eigenvalue weighted by Gasteiger charge is -2.08. The molecule has 0 amide bonds. The van der Waals surface area contributed by atoms with Gasteiger partial charge in [-0.2, -0.15) is 9.78 Å². The van der Waals surface area contributed by atoms with Crippen LogP contribution in [0.4, 0.5) is 0 Å². The van der Waals surface area contributed by atoms with Gasteiger partial charge in [0.15, 0.2) is 5.82 Å². The van der Waals surface area contributed by atoms with Crippen LogP contribution in [0.2, 0.25) is 0 Å². The van der Waals surface area contributed by atoms with E-state index in [1.165, 1.54) is 5.56 Å². The van der Waals surface area contributed by atoms with Crippen molar-refractivity contribution in [3.8, 4) is 5.75 Å². The Morgan fingerprint density at radius 1 is 1.14 bits per heavy atom. The van der Waals surface area contributed by atoms with Crippen molar-refractivity contribution in [2.24, 2.45) is 5.10 Å². The SMILES string of the molecule is CCOc1ccccc1/C=N\n1c(SCc2ccc(Br)cc2)nnc1C(C)C. The van der Waals surface area contributed by atoms with Crippen LogP contribution in [-0.2, 0) is 5.75 Å². The van der Waals surface area contributed by atoms with Crippen molar-refractivity contribution >= 4 is 33.9 Å².